The Labute approximate surface area is 194 Å². The number of hydrogen-bond donors (Lipinski definition) is 1. The molecule has 2 aliphatic carbocycles. The molecule has 5 nitrogen and oxygen atoms in total. The van der Waals surface area contributed by atoms with Gasteiger partial charge in [-0.3, -0.25) is 14.6 Å². The smallest absolute Gasteiger partial charge is 0.247 e. The Balaban J connectivity index is 1.59. The molecule has 0 radical (unpaired) electrons. The molecule has 2 aromatic rings. The van der Waals surface area contributed by atoms with Crippen molar-refractivity contribution in [2.75, 3.05) is 6.54 Å². The van der Waals surface area contributed by atoms with Crippen LogP contribution in [0.1, 0.15) is 74.3 Å². The highest BCUT2D eigenvalue weighted by Gasteiger charge is 2.33. The van der Waals surface area contributed by atoms with Crippen LogP contribution in [0.4, 0.5) is 0 Å². The van der Waals surface area contributed by atoms with Crippen molar-refractivity contribution in [2.24, 2.45) is 0 Å². The van der Waals surface area contributed by atoms with E-state index in [9.17, 15) is 9.59 Å². The molecule has 0 aromatic carbocycles. The second-order valence-corrected chi connectivity index (χ2v) is 9.91. The summed E-state index contributed by atoms with van der Waals surface area (Å²) in [5, 5.41) is 5.24. The van der Waals surface area contributed by atoms with Gasteiger partial charge in [0.1, 0.15) is 6.04 Å². The van der Waals surface area contributed by atoms with Gasteiger partial charge in [0.2, 0.25) is 11.8 Å². The molecule has 0 saturated heterocycles. The highest BCUT2D eigenvalue weighted by Crippen LogP contribution is 2.27. The maximum Gasteiger partial charge on any atom is 0.247 e. The number of carbonyl (C=O) groups excluding carboxylic acids is 2. The molecule has 32 heavy (non-hydrogen) atoms. The lowest BCUT2D eigenvalue weighted by Crippen LogP contribution is -2.47. The second-order valence-electron chi connectivity index (χ2n) is 8.87. The summed E-state index contributed by atoms with van der Waals surface area (Å²) in [7, 11) is 0. The van der Waals surface area contributed by atoms with E-state index in [2.05, 4.69) is 16.4 Å². The third kappa shape index (κ3) is 6.06. The molecular formula is C26H33N3O2S. The number of carbonyl (C=O) groups is 2. The molecule has 170 valence electrons. The molecule has 2 aromatic heterocycles. The maximum atomic E-state index is 13.6. The van der Waals surface area contributed by atoms with E-state index in [1.54, 1.807) is 23.7 Å². The molecule has 0 aliphatic heterocycles. The minimum atomic E-state index is -0.629. The minimum absolute atomic E-state index is 0.00671. The number of amides is 2. The summed E-state index contributed by atoms with van der Waals surface area (Å²) in [6.45, 7) is 0.557. The molecule has 6 heteroatoms. The lowest BCUT2D eigenvalue weighted by Gasteiger charge is -2.33. The molecule has 1 fully saturated rings. The van der Waals surface area contributed by atoms with Gasteiger partial charge in [0.25, 0.3) is 0 Å². The summed E-state index contributed by atoms with van der Waals surface area (Å²) in [4.78, 5) is 34.1. The average Bonchev–Trinajstić information content (AvgIpc) is 3.52. The van der Waals surface area contributed by atoms with Crippen LogP contribution in [0.15, 0.2) is 53.7 Å². The van der Waals surface area contributed by atoms with Crippen molar-refractivity contribution < 1.29 is 9.59 Å². The highest BCUT2D eigenvalue weighted by atomic mass is 32.1. The fourth-order valence-electron chi connectivity index (χ4n) is 4.83. The largest absolute Gasteiger partial charge is 0.351 e. The van der Waals surface area contributed by atoms with Gasteiger partial charge in [-0.25, -0.2) is 0 Å². The van der Waals surface area contributed by atoms with E-state index in [-0.39, 0.29) is 17.9 Å². The van der Waals surface area contributed by atoms with E-state index >= 15 is 0 Å². The van der Waals surface area contributed by atoms with Crippen molar-refractivity contribution in [3.8, 4) is 0 Å². The van der Waals surface area contributed by atoms with Crippen LogP contribution in [0.5, 0.6) is 0 Å². The molecule has 1 atom stereocenters. The van der Waals surface area contributed by atoms with Crippen LogP contribution < -0.4 is 5.32 Å². The molecule has 4 rings (SSSR count). The monoisotopic (exact) mass is 451 g/mol. The standard InChI is InChI=1S/C26H33N3O2S/c30-24(19-23-11-6-18-32-23)29(17-14-20-7-2-1-3-8-20)25(21-12-15-27-16-13-21)26(31)28-22-9-4-5-10-22/h6-7,11-13,15-16,18,22,25H,1-5,8-10,14,17,19H2,(H,28,31)/t25-/m1/s1. The first-order valence-electron chi connectivity index (χ1n) is 11.9. The zero-order chi connectivity index (χ0) is 22.2. The number of hydrogen-bond acceptors (Lipinski definition) is 4. The SMILES string of the molecule is O=C(NC1CCCC1)[C@@H](c1ccncc1)N(CCC1=CCCCC1)C(=O)Cc1cccs1. The average molecular weight is 452 g/mol. The van der Waals surface area contributed by atoms with Crippen LogP contribution in [0.25, 0.3) is 0 Å². The van der Waals surface area contributed by atoms with Gasteiger partial charge in [-0.15, -0.1) is 11.3 Å². The van der Waals surface area contributed by atoms with Crippen LogP contribution in [0.3, 0.4) is 0 Å². The molecule has 1 N–H and O–H groups in total. The molecule has 0 spiro atoms. The number of nitrogens with zero attached hydrogens (tertiary/aromatic N) is 2. The zero-order valence-electron chi connectivity index (χ0n) is 18.7. The number of rotatable bonds is 9. The molecule has 1 saturated carbocycles. The first kappa shape index (κ1) is 22.7. The predicted molar refractivity (Wildman–Crippen MR) is 128 cm³/mol. The second kappa shape index (κ2) is 11.4. The molecule has 2 aliphatic rings. The van der Waals surface area contributed by atoms with Gasteiger partial charge in [-0.05, 0) is 74.1 Å². The van der Waals surface area contributed by atoms with Crippen LogP contribution >= 0.6 is 11.3 Å². The molecule has 0 unspecified atom stereocenters. The predicted octanol–water partition coefficient (Wildman–Crippen LogP) is 5.20. The van der Waals surface area contributed by atoms with Crippen molar-refractivity contribution in [1.29, 1.82) is 0 Å². The minimum Gasteiger partial charge on any atom is -0.351 e. The van der Waals surface area contributed by atoms with Crippen LogP contribution in [-0.2, 0) is 16.0 Å². The third-order valence-corrected chi connectivity index (χ3v) is 7.44. The van der Waals surface area contributed by atoms with Gasteiger partial charge in [0, 0.05) is 29.9 Å². The summed E-state index contributed by atoms with van der Waals surface area (Å²) in [6, 6.07) is 7.27. The van der Waals surface area contributed by atoms with Crippen molar-refractivity contribution >= 4 is 23.2 Å². The number of nitrogens with one attached hydrogen (secondary N) is 1. The van der Waals surface area contributed by atoms with Crippen molar-refractivity contribution in [1.82, 2.24) is 15.2 Å². The Bertz CT molecular complexity index is 904. The van der Waals surface area contributed by atoms with Crippen LogP contribution in [0.2, 0.25) is 0 Å². The van der Waals surface area contributed by atoms with Gasteiger partial charge < -0.3 is 10.2 Å². The van der Waals surface area contributed by atoms with Gasteiger partial charge in [-0.2, -0.15) is 0 Å². The summed E-state index contributed by atoms with van der Waals surface area (Å²) in [5.74, 6) is -0.0625. The summed E-state index contributed by atoms with van der Waals surface area (Å²) >= 11 is 1.59. The maximum absolute atomic E-state index is 13.6. The Morgan fingerprint density at radius 3 is 2.62 bits per heavy atom. The number of aromatic nitrogens is 1. The fraction of sp³-hybridized carbons (Fsp3) is 0.500. The quantitative estimate of drug-likeness (QED) is 0.533. The first-order valence-corrected chi connectivity index (χ1v) is 12.8. The van der Waals surface area contributed by atoms with Crippen LogP contribution in [0, 0.1) is 0 Å². The van der Waals surface area contributed by atoms with Crippen molar-refractivity contribution in [3.63, 3.8) is 0 Å². The van der Waals surface area contributed by atoms with Crippen molar-refractivity contribution in [3.05, 3.63) is 64.1 Å². The van der Waals surface area contributed by atoms with E-state index in [1.165, 1.54) is 18.4 Å². The normalized spacial score (nSPS) is 17.6. The topological polar surface area (TPSA) is 62.3 Å². The molecule has 2 amide bonds. The number of pyridine rings is 1. The van der Waals surface area contributed by atoms with Gasteiger partial charge in [0.05, 0.1) is 6.42 Å². The molecule has 0 bridgehead atoms. The van der Waals surface area contributed by atoms with E-state index in [0.717, 1.165) is 55.4 Å². The summed E-state index contributed by atoms with van der Waals surface area (Å²) in [5.41, 5.74) is 2.24. The van der Waals surface area contributed by atoms with Crippen molar-refractivity contribution in [2.45, 2.75) is 76.3 Å². The lowest BCUT2D eigenvalue weighted by atomic mass is 9.96. The first-order chi connectivity index (χ1) is 15.7. The summed E-state index contributed by atoms with van der Waals surface area (Å²) < 4.78 is 0. The van der Waals surface area contributed by atoms with Gasteiger partial charge >= 0.3 is 0 Å². The Kier molecular flexibility index (Phi) is 8.10. The number of thiophene rings is 1. The zero-order valence-corrected chi connectivity index (χ0v) is 19.5. The van der Waals surface area contributed by atoms with E-state index in [4.69, 9.17) is 0 Å². The van der Waals surface area contributed by atoms with E-state index < -0.39 is 6.04 Å². The van der Waals surface area contributed by atoms with Gasteiger partial charge in [-0.1, -0.05) is 30.6 Å². The van der Waals surface area contributed by atoms with E-state index in [1.807, 2.05) is 34.5 Å². The molecule has 2 heterocycles. The van der Waals surface area contributed by atoms with Crippen LogP contribution in [-0.4, -0.2) is 34.3 Å². The Morgan fingerprint density at radius 1 is 1.12 bits per heavy atom. The Morgan fingerprint density at radius 2 is 1.94 bits per heavy atom. The lowest BCUT2D eigenvalue weighted by molar-refractivity contribution is -0.140. The third-order valence-electron chi connectivity index (χ3n) is 6.57. The van der Waals surface area contributed by atoms with E-state index in [0.29, 0.717) is 13.0 Å². The molecular weight excluding hydrogens is 418 g/mol. The summed E-state index contributed by atoms with van der Waals surface area (Å²) in [6.07, 6.45) is 15.9. The van der Waals surface area contributed by atoms with Gasteiger partial charge in [0.15, 0.2) is 0 Å². The number of allylic oxidation sites excluding steroid dienone is 1. The Hall–Kier alpha value is -2.47. The fourth-order valence-corrected chi connectivity index (χ4v) is 5.52. The highest BCUT2D eigenvalue weighted by molar-refractivity contribution is 7.10.